The molecular weight excluding hydrogens is 368 g/mol. The third-order valence-corrected chi connectivity index (χ3v) is 6.31. The van der Waals surface area contributed by atoms with Crippen LogP contribution in [0.25, 0.3) is 0 Å². The quantitative estimate of drug-likeness (QED) is 0.636. The molecule has 1 saturated heterocycles. The highest BCUT2D eigenvalue weighted by atomic mass is 16.5. The number of aliphatic hydroxyl groups is 1. The lowest BCUT2D eigenvalue weighted by Crippen LogP contribution is -2.42. The normalized spacial score (nSPS) is 44.7. The van der Waals surface area contributed by atoms with Gasteiger partial charge in [-0.25, -0.2) is 0 Å². The van der Waals surface area contributed by atoms with Crippen molar-refractivity contribution in [2.45, 2.75) is 84.4 Å². The molecule has 3 aliphatic rings. The zero-order valence-corrected chi connectivity index (χ0v) is 17.4. The van der Waals surface area contributed by atoms with Gasteiger partial charge in [-0.3, -0.25) is 9.59 Å². The van der Waals surface area contributed by atoms with Gasteiger partial charge < -0.3 is 14.6 Å². The molecule has 0 aromatic carbocycles. The Balaban J connectivity index is 1.80. The summed E-state index contributed by atoms with van der Waals surface area (Å²) in [6.07, 6.45) is 2.77. The van der Waals surface area contributed by atoms with E-state index in [1.54, 1.807) is 0 Å². The van der Waals surface area contributed by atoms with Crippen molar-refractivity contribution in [2.24, 2.45) is 29.6 Å². The molecule has 2 aliphatic carbocycles. The van der Waals surface area contributed by atoms with Crippen LogP contribution < -0.4 is 0 Å². The van der Waals surface area contributed by atoms with Gasteiger partial charge in [0.05, 0.1) is 18.4 Å². The molecule has 1 heterocycles. The molecule has 0 aromatic heterocycles. The fourth-order valence-corrected chi connectivity index (χ4v) is 4.79. The van der Waals surface area contributed by atoms with Crippen LogP contribution in [0.3, 0.4) is 0 Å². The Labute approximate surface area is 184 Å². The van der Waals surface area contributed by atoms with Gasteiger partial charge in [0.1, 0.15) is 12.2 Å². The molecule has 3 rings (SSSR count). The highest BCUT2D eigenvalue weighted by molar-refractivity contribution is 5.72. The van der Waals surface area contributed by atoms with Crippen molar-refractivity contribution in [3.63, 3.8) is 0 Å². The lowest BCUT2D eigenvalue weighted by Gasteiger charge is -2.43. The number of ether oxygens (including phenoxy) is 2. The lowest BCUT2D eigenvalue weighted by molar-refractivity contribution is -0.162. The van der Waals surface area contributed by atoms with E-state index in [9.17, 15) is 9.59 Å². The first-order valence-corrected chi connectivity index (χ1v) is 10.6. The Morgan fingerprint density at radius 2 is 2.31 bits per heavy atom. The topological polar surface area (TPSA) is 72.8 Å². The summed E-state index contributed by atoms with van der Waals surface area (Å²) in [5.41, 5.74) is 1.000. The average molecular weight is 412 g/mol. The highest BCUT2D eigenvalue weighted by Crippen LogP contribution is 2.45. The summed E-state index contributed by atoms with van der Waals surface area (Å²) in [7, 11) is 0. The summed E-state index contributed by atoms with van der Waals surface area (Å²) < 4.78 is 65.4. The summed E-state index contributed by atoms with van der Waals surface area (Å²) in [4.78, 5) is 25.2. The fourth-order valence-electron chi connectivity index (χ4n) is 4.79. The number of hydrogen-bond donors (Lipinski definition) is 1. The van der Waals surface area contributed by atoms with Crippen LogP contribution in [-0.2, 0) is 19.1 Å². The van der Waals surface area contributed by atoms with E-state index >= 15 is 0 Å². The summed E-state index contributed by atoms with van der Waals surface area (Å²) in [6, 6.07) is 0. The molecule has 0 bridgehead atoms. The molecule has 0 spiro atoms. The minimum atomic E-state index is -2.82. The highest BCUT2D eigenvalue weighted by Gasteiger charge is 2.42. The maximum Gasteiger partial charge on any atom is 0.308 e. The van der Waals surface area contributed by atoms with Gasteiger partial charge in [0.15, 0.2) is 0 Å². The van der Waals surface area contributed by atoms with E-state index < -0.39 is 49.4 Å². The van der Waals surface area contributed by atoms with Crippen molar-refractivity contribution >= 4 is 11.9 Å². The molecule has 1 N–H and O–H groups in total. The van der Waals surface area contributed by atoms with E-state index in [-0.39, 0.29) is 36.5 Å². The Morgan fingerprint density at radius 1 is 1.48 bits per heavy atom. The van der Waals surface area contributed by atoms with E-state index in [2.05, 4.69) is 17.3 Å². The van der Waals surface area contributed by atoms with Crippen LogP contribution in [0.15, 0.2) is 23.8 Å². The third kappa shape index (κ3) is 5.30. The molecule has 162 valence electrons. The summed E-state index contributed by atoms with van der Waals surface area (Å²) in [6.45, 7) is 2.72. The summed E-state index contributed by atoms with van der Waals surface area (Å²) in [5.74, 6) is -4.47. The van der Waals surface area contributed by atoms with Gasteiger partial charge in [-0.05, 0) is 49.0 Å². The van der Waals surface area contributed by atoms with Crippen LogP contribution in [0, 0.1) is 29.6 Å². The van der Waals surface area contributed by atoms with E-state index in [1.165, 1.54) is 6.92 Å². The molecule has 5 heteroatoms. The Bertz CT molecular complexity index is 902. The zero-order chi connectivity index (χ0) is 27.1. The second kappa shape index (κ2) is 9.46. The van der Waals surface area contributed by atoms with Crippen molar-refractivity contribution in [3.05, 3.63) is 23.8 Å². The SMILES string of the molecule is [2H]O[C@@H]1CC(CC[C@@H]2[C@@H]3C(=C[C@H](C)C[C@@H]3OC(=O)[C@]([2H])(CC)C([2H])([2H])[2H])C=C[C@@H]2C)OC(=O)C1([2H])[2H]. The van der Waals surface area contributed by atoms with E-state index in [0.717, 1.165) is 5.57 Å². The van der Waals surface area contributed by atoms with Crippen molar-refractivity contribution in [1.82, 2.24) is 0 Å². The smallest absolute Gasteiger partial charge is 0.308 e. The molecular formula is C24H36O5. The number of fused-ring (bicyclic) bond motifs is 1. The number of carbonyl (C=O) groups excluding carboxylic acids is 2. The van der Waals surface area contributed by atoms with Gasteiger partial charge in [-0.15, -0.1) is 0 Å². The molecule has 1 unspecified atom stereocenters. The molecule has 1 fully saturated rings. The first-order valence-electron chi connectivity index (χ1n) is 14.0. The second-order valence-corrected chi connectivity index (χ2v) is 8.54. The number of hydrogen-bond acceptors (Lipinski definition) is 5. The second-order valence-electron chi connectivity index (χ2n) is 8.54. The minimum Gasteiger partial charge on any atom is -0.462 e. The maximum atomic E-state index is 13.0. The Kier molecular flexibility index (Phi) is 4.70. The Morgan fingerprint density at radius 3 is 3.03 bits per heavy atom. The van der Waals surface area contributed by atoms with Gasteiger partial charge in [0.25, 0.3) is 0 Å². The predicted octanol–water partition coefficient (Wildman–Crippen LogP) is 4.20. The molecule has 0 aromatic rings. The van der Waals surface area contributed by atoms with Gasteiger partial charge in [0.2, 0.25) is 1.43 Å². The van der Waals surface area contributed by atoms with Crippen LogP contribution in [0.2, 0.25) is 0 Å². The Hall–Kier alpha value is -1.62. The van der Waals surface area contributed by atoms with Crippen LogP contribution in [0.4, 0.5) is 0 Å². The number of cyclic esters (lactones) is 1. The summed E-state index contributed by atoms with van der Waals surface area (Å²) >= 11 is 0. The molecule has 1 aliphatic heterocycles. The molecule has 29 heavy (non-hydrogen) atoms. The third-order valence-electron chi connectivity index (χ3n) is 6.31. The average Bonchev–Trinajstić information content (AvgIpc) is 2.79. The van der Waals surface area contributed by atoms with Gasteiger partial charge >= 0.3 is 11.9 Å². The molecule has 0 radical (unpaired) electrons. The van der Waals surface area contributed by atoms with Gasteiger partial charge in [-0.2, -0.15) is 0 Å². The lowest BCUT2D eigenvalue weighted by atomic mass is 9.65. The molecule has 5 nitrogen and oxygen atoms in total. The van der Waals surface area contributed by atoms with Crippen molar-refractivity contribution < 1.29 is 32.4 Å². The number of esters is 2. The number of aliphatic hydroxyl groups excluding tert-OH is 1. The number of allylic oxidation sites excluding steroid dienone is 3. The van der Waals surface area contributed by atoms with Crippen molar-refractivity contribution in [3.8, 4) is 0 Å². The zero-order valence-electron chi connectivity index (χ0n) is 24.4. The van der Waals surface area contributed by atoms with Crippen LogP contribution in [0.5, 0.6) is 0 Å². The monoisotopic (exact) mass is 411 g/mol. The van der Waals surface area contributed by atoms with Crippen LogP contribution in [0.1, 0.15) is 74.3 Å². The molecule has 0 saturated carbocycles. The van der Waals surface area contributed by atoms with Gasteiger partial charge in [0, 0.05) is 20.6 Å². The van der Waals surface area contributed by atoms with Gasteiger partial charge in [-0.1, -0.05) is 45.9 Å². The number of carbonyl (C=O) groups is 2. The first-order chi connectivity index (χ1) is 16.7. The molecule has 0 amide bonds. The van der Waals surface area contributed by atoms with E-state index in [4.69, 9.17) is 19.1 Å². The minimum absolute atomic E-state index is 0.0196. The number of rotatable bonds is 7. The summed E-state index contributed by atoms with van der Waals surface area (Å²) in [5, 5.41) is 4.48. The maximum absolute atomic E-state index is 13.0. The van der Waals surface area contributed by atoms with Crippen LogP contribution in [-0.4, -0.2) is 36.8 Å². The standard InChI is InChI=1S/C24H36O5/c1-5-15(3)24(27)29-21-11-14(2)10-17-7-6-16(4)20(23(17)21)9-8-19-12-18(25)13-22(26)28-19/h6-7,10,14-16,18-21,23,25H,5,8-9,11-13H2,1-4H3/t14-,15-,16-,18+,19?,20-,21-,23-/m0/s1/i3D3,13D2,15D,25D. The van der Waals surface area contributed by atoms with E-state index in [1.807, 2.05) is 19.9 Å². The fraction of sp³-hybridized carbons (Fsp3) is 0.750. The molecule has 8 atom stereocenters. The van der Waals surface area contributed by atoms with Crippen molar-refractivity contribution in [1.29, 1.82) is 1.43 Å². The first kappa shape index (κ1) is 14.4. The van der Waals surface area contributed by atoms with Crippen LogP contribution >= 0.6 is 0 Å². The van der Waals surface area contributed by atoms with Crippen molar-refractivity contribution in [2.75, 3.05) is 0 Å². The predicted molar refractivity (Wildman–Crippen MR) is 111 cm³/mol. The largest absolute Gasteiger partial charge is 0.462 e. The van der Waals surface area contributed by atoms with E-state index in [0.29, 0.717) is 19.3 Å².